The molecule has 1 radical (unpaired) electrons. The smallest absolute Gasteiger partial charge is 0.295 e. The van der Waals surface area contributed by atoms with Crippen molar-refractivity contribution in [3.63, 3.8) is 0 Å². The molecule has 1 atom stereocenters. The minimum Gasteiger partial charge on any atom is -0.316 e. The zero-order valence-corrected chi connectivity index (χ0v) is 8.77. The Morgan fingerprint density at radius 1 is 1.50 bits per heavy atom. The molecule has 0 spiro atoms. The largest absolute Gasteiger partial charge is 0.316 e. The third-order valence-electron chi connectivity index (χ3n) is 2.38. The summed E-state index contributed by atoms with van der Waals surface area (Å²) in [5, 5.41) is 3.25. The second-order valence-corrected chi connectivity index (χ2v) is 4.18. The summed E-state index contributed by atoms with van der Waals surface area (Å²) in [6.45, 7) is 1.99. The van der Waals surface area contributed by atoms with E-state index in [1.54, 1.807) is 0 Å². The quantitative estimate of drug-likeness (QED) is 0.679. The molecule has 6 heteroatoms. The molecule has 0 saturated carbocycles. The van der Waals surface area contributed by atoms with E-state index in [4.69, 9.17) is 0 Å². The molecule has 14 heavy (non-hydrogen) atoms. The lowest BCUT2D eigenvalue weighted by molar-refractivity contribution is -0.119. The Labute approximate surface area is 85.3 Å². The number of carbonyl (C=O) groups excluding carboxylic acids is 1. The minimum absolute atomic E-state index is 0.292. The maximum absolute atomic E-state index is 11.0. The van der Waals surface area contributed by atoms with Gasteiger partial charge in [-0.25, -0.2) is 4.72 Å². The number of rotatable bonds is 4. The Morgan fingerprint density at radius 3 is 2.86 bits per heavy atom. The van der Waals surface area contributed by atoms with E-state index in [0.717, 1.165) is 32.4 Å². The maximum Gasteiger partial charge on any atom is 0.295 e. The highest BCUT2D eigenvalue weighted by Crippen LogP contribution is 2.15. The van der Waals surface area contributed by atoms with E-state index in [1.807, 2.05) is 4.72 Å². The highest BCUT2D eigenvalue weighted by atomic mass is 32.2. The van der Waals surface area contributed by atoms with Gasteiger partial charge in [-0.3, -0.25) is 4.79 Å². The molecule has 1 rings (SSSR count). The van der Waals surface area contributed by atoms with E-state index in [9.17, 15) is 13.2 Å². The summed E-state index contributed by atoms with van der Waals surface area (Å²) in [6, 6.07) is 0. The van der Waals surface area contributed by atoms with Crippen molar-refractivity contribution in [3.05, 3.63) is 0 Å². The lowest BCUT2D eigenvalue weighted by Crippen LogP contribution is -2.31. The van der Waals surface area contributed by atoms with Gasteiger partial charge in [-0.15, -0.1) is 0 Å². The molecule has 1 saturated heterocycles. The van der Waals surface area contributed by atoms with Crippen molar-refractivity contribution in [1.82, 2.24) is 10.0 Å². The van der Waals surface area contributed by atoms with Gasteiger partial charge in [-0.2, -0.15) is 8.42 Å². The molecule has 0 aromatic carbocycles. The molecule has 2 N–H and O–H groups in total. The molecule has 1 aliphatic heterocycles. The number of amides is 1. The van der Waals surface area contributed by atoms with Crippen LogP contribution in [0, 0.1) is 5.92 Å². The second kappa shape index (κ2) is 5.87. The normalized spacial score (nSPS) is 21.6. The molecule has 81 valence electrons. The molecule has 5 nitrogen and oxygen atoms in total. The van der Waals surface area contributed by atoms with E-state index >= 15 is 0 Å². The zero-order valence-electron chi connectivity index (χ0n) is 7.95. The first-order valence-electron chi connectivity index (χ1n) is 4.78. The Hall–Kier alpha value is -0.750. The number of carbonyl (C=O) groups is 1. The van der Waals surface area contributed by atoms with Gasteiger partial charge in [0.05, 0.1) is 0 Å². The average Bonchev–Trinajstić information content (AvgIpc) is 2.15. The van der Waals surface area contributed by atoms with Gasteiger partial charge in [0, 0.05) is 6.42 Å². The minimum atomic E-state index is -2.47. The molecule has 1 aliphatic rings. The van der Waals surface area contributed by atoms with Crippen LogP contribution in [0.25, 0.3) is 0 Å². The van der Waals surface area contributed by atoms with Crippen LogP contribution in [0.4, 0.5) is 0 Å². The standard InChI is InChI=1S/C8H15N2O3S/c11-8(10-14(12)13)4-3-7-2-1-5-9-6-7/h7,9H,1-6H2,(H,10,11,12,13). The van der Waals surface area contributed by atoms with Gasteiger partial charge in [0.2, 0.25) is 5.91 Å². The van der Waals surface area contributed by atoms with Crippen molar-refractivity contribution in [1.29, 1.82) is 0 Å². The van der Waals surface area contributed by atoms with E-state index in [2.05, 4.69) is 5.32 Å². The van der Waals surface area contributed by atoms with Crippen LogP contribution >= 0.6 is 0 Å². The number of hydrogen-bond donors (Lipinski definition) is 2. The van der Waals surface area contributed by atoms with Crippen molar-refractivity contribution in [2.24, 2.45) is 5.92 Å². The lowest BCUT2D eigenvalue weighted by atomic mass is 9.95. The summed E-state index contributed by atoms with van der Waals surface area (Å²) in [7, 11) is -2.47. The second-order valence-electron chi connectivity index (χ2n) is 3.51. The SMILES string of the molecule is O=C(CCC1CCCNC1)N[S](=O)=O. The fourth-order valence-electron chi connectivity index (χ4n) is 1.65. The molecule has 0 bridgehead atoms. The van der Waals surface area contributed by atoms with Crippen molar-refractivity contribution in [3.8, 4) is 0 Å². The highest BCUT2D eigenvalue weighted by Gasteiger charge is 2.14. The predicted octanol–water partition coefficient (Wildman–Crippen LogP) is -0.323. The van der Waals surface area contributed by atoms with Gasteiger partial charge in [0.15, 0.2) is 0 Å². The van der Waals surface area contributed by atoms with Crippen LogP contribution in [0.3, 0.4) is 0 Å². The zero-order chi connectivity index (χ0) is 10.4. The predicted molar refractivity (Wildman–Crippen MR) is 51.9 cm³/mol. The third kappa shape index (κ3) is 4.48. The molecule has 0 aliphatic carbocycles. The average molecular weight is 219 g/mol. The van der Waals surface area contributed by atoms with Gasteiger partial charge in [0.1, 0.15) is 0 Å². The van der Waals surface area contributed by atoms with Gasteiger partial charge < -0.3 is 5.32 Å². The van der Waals surface area contributed by atoms with Crippen LogP contribution < -0.4 is 10.0 Å². The number of nitrogens with one attached hydrogen (secondary N) is 2. The summed E-state index contributed by atoms with van der Waals surface area (Å²) < 4.78 is 22.1. The van der Waals surface area contributed by atoms with E-state index < -0.39 is 16.8 Å². The molecule has 1 heterocycles. The van der Waals surface area contributed by atoms with Crippen LogP contribution in [-0.2, 0) is 15.7 Å². The van der Waals surface area contributed by atoms with Gasteiger partial charge in [-0.1, -0.05) is 0 Å². The van der Waals surface area contributed by atoms with E-state index in [1.165, 1.54) is 0 Å². The first kappa shape index (κ1) is 11.3. The first-order chi connectivity index (χ1) is 6.68. The lowest BCUT2D eigenvalue weighted by Gasteiger charge is -2.21. The van der Waals surface area contributed by atoms with Crippen molar-refractivity contribution < 1.29 is 13.2 Å². The fourth-order valence-corrected chi connectivity index (χ4v) is 1.94. The van der Waals surface area contributed by atoms with Crippen LogP contribution in [-0.4, -0.2) is 27.4 Å². The van der Waals surface area contributed by atoms with E-state index in [-0.39, 0.29) is 0 Å². The molecule has 0 aromatic heterocycles. The number of piperidine rings is 1. The summed E-state index contributed by atoms with van der Waals surface area (Å²) >= 11 is 0. The van der Waals surface area contributed by atoms with Gasteiger partial charge in [-0.05, 0) is 38.3 Å². The summed E-state index contributed by atoms with van der Waals surface area (Å²) in [5.41, 5.74) is 0. The molecular weight excluding hydrogens is 204 g/mol. The van der Waals surface area contributed by atoms with Crippen LogP contribution in [0.1, 0.15) is 25.7 Å². The molecule has 1 unspecified atom stereocenters. The topological polar surface area (TPSA) is 75.3 Å². The third-order valence-corrected chi connectivity index (χ3v) is 2.77. The molecule has 1 fully saturated rings. The summed E-state index contributed by atoms with van der Waals surface area (Å²) in [6.07, 6.45) is 3.32. The number of hydrogen-bond acceptors (Lipinski definition) is 4. The first-order valence-corrected chi connectivity index (χ1v) is 5.85. The van der Waals surface area contributed by atoms with Gasteiger partial charge >= 0.3 is 0 Å². The summed E-state index contributed by atoms with van der Waals surface area (Å²) in [4.78, 5) is 11.0. The maximum atomic E-state index is 11.0. The Morgan fingerprint density at radius 2 is 2.29 bits per heavy atom. The Bertz CT molecular complexity index is 251. The van der Waals surface area contributed by atoms with Crippen molar-refractivity contribution >= 4 is 16.8 Å². The Kier molecular flexibility index (Phi) is 4.75. The van der Waals surface area contributed by atoms with E-state index in [0.29, 0.717) is 12.3 Å². The molecular formula is C8H15N2O3S. The Balaban J connectivity index is 2.15. The monoisotopic (exact) mass is 219 g/mol. The van der Waals surface area contributed by atoms with Crippen LogP contribution in [0.2, 0.25) is 0 Å². The summed E-state index contributed by atoms with van der Waals surface area (Å²) in [5.74, 6) is 0.0958. The van der Waals surface area contributed by atoms with Gasteiger partial charge in [0.25, 0.3) is 10.9 Å². The van der Waals surface area contributed by atoms with Crippen molar-refractivity contribution in [2.75, 3.05) is 13.1 Å². The van der Waals surface area contributed by atoms with Crippen LogP contribution in [0.15, 0.2) is 0 Å². The highest BCUT2D eigenvalue weighted by molar-refractivity contribution is 7.71. The molecule has 0 aromatic rings. The van der Waals surface area contributed by atoms with Crippen LogP contribution in [0.5, 0.6) is 0 Å². The van der Waals surface area contributed by atoms with Crippen molar-refractivity contribution in [2.45, 2.75) is 25.7 Å². The fraction of sp³-hybridized carbons (Fsp3) is 0.875. The molecule has 1 amide bonds.